The molecule has 0 fully saturated rings. The van der Waals surface area contributed by atoms with E-state index in [4.69, 9.17) is 4.74 Å². The van der Waals surface area contributed by atoms with E-state index >= 15 is 0 Å². The zero-order valence-corrected chi connectivity index (χ0v) is 14.3. The van der Waals surface area contributed by atoms with Crippen LogP contribution in [0.25, 0.3) is 5.69 Å². The summed E-state index contributed by atoms with van der Waals surface area (Å²) in [4.78, 5) is 25.1. The number of aromatic nitrogens is 2. The van der Waals surface area contributed by atoms with Crippen molar-refractivity contribution in [3.63, 3.8) is 0 Å². The second-order valence-electron chi connectivity index (χ2n) is 6.39. The van der Waals surface area contributed by atoms with E-state index in [0.29, 0.717) is 5.69 Å². The van der Waals surface area contributed by atoms with E-state index in [1.807, 2.05) is 30.3 Å². The second-order valence-corrected chi connectivity index (χ2v) is 6.39. The molecule has 1 aromatic heterocycles. The minimum Gasteiger partial charge on any atom is -0.444 e. The zero-order valence-electron chi connectivity index (χ0n) is 14.3. The Morgan fingerprint density at radius 3 is 2.54 bits per heavy atom. The largest absolute Gasteiger partial charge is 0.444 e. The highest BCUT2D eigenvalue weighted by atomic mass is 16.6. The first-order chi connectivity index (χ1) is 11.2. The van der Waals surface area contributed by atoms with Crippen molar-refractivity contribution < 1.29 is 14.3 Å². The van der Waals surface area contributed by atoms with Crippen molar-refractivity contribution in [2.45, 2.75) is 26.4 Å². The van der Waals surface area contributed by atoms with Crippen molar-refractivity contribution in [1.29, 1.82) is 0 Å². The van der Waals surface area contributed by atoms with Crippen molar-refractivity contribution in [3.05, 3.63) is 42.7 Å². The van der Waals surface area contributed by atoms with Gasteiger partial charge in [-0.2, -0.15) is 5.10 Å². The predicted octanol–water partition coefficient (Wildman–Crippen LogP) is 2.68. The summed E-state index contributed by atoms with van der Waals surface area (Å²) in [7, 11) is 1.51. The van der Waals surface area contributed by atoms with Gasteiger partial charge in [-0.1, -0.05) is 18.2 Å². The Morgan fingerprint density at radius 2 is 1.92 bits per heavy atom. The number of rotatable bonds is 4. The van der Waals surface area contributed by atoms with Crippen molar-refractivity contribution in [2.24, 2.45) is 0 Å². The van der Waals surface area contributed by atoms with E-state index in [-0.39, 0.29) is 12.5 Å². The molecule has 1 N–H and O–H groups in total. The van der Waals surface area contributed by atoms with Crippen LogP contribution in [0, 0.1) is 0 Å². The molecule has 2 rings (SSSR count). The van der Waals surface area contributed by atoms with Gasteiger partial charge in [0.25, 0.3) is 0 Å². The van der Waals surface area contributed by atoms with Gasteiger partial charge in [-0.05, 0) is 32.9 Å². The van der Waals surface area contributed by atoms with E-state index in [1.165, 1.54) is 11.9 Å². The fourth-order valence-electron chi connectivity index (χ4n) is 1.93. The lowest BCUT2D eigenvalue weighted by Crippen LogP contribution is -2.38. The van der Waals surface area contributed by atoms with Gasteiger partial charge in [-0.15, -0.1) is 0 Å². The number of nitrogens with zero attached hydrogens (tertiary/aromatic N) is 3. The molecule has 7 nitrogen and oxygen atoms in total. The van der Waals surface area contributed by atoms with Crippen molar-refractivity contribution in [2.75, 3.05) is 18.9 Å². The molecule has 1 heterocycles. The Hall–Kier alpha value is -2.83. The number of benzene rings is 1. The molecule has 7 heteroatoms. The SMILES string of the molecule is CN(CC(=O)Nc1cnn(-c2ccccc2)c1)C(=O)OC(C)(C)C. The third-order valence-electron chi connectivity index (χ3n) is 2.97. The summed E-state index contributed by atoms with van der Waals surface area (Å²) in [5.74, 6) is -0.323. The number of amides is 2. The first-order valence-corrected chi connectivity index (χ1v) is 7.59. The topological polar surface area (TPSA) is 76.5 Å². The molecule has 0 saturated heterocycles. The molecule has 1 aromatic carbocycles. The molecule has 0 aliphatic rings. The highest BCUT2D eigenvalue weighted by molar-refractivity contribution is 5.93. The van der Waals surface area contributed by atoms with Crippen molar-refractivity contribution in [3.8, 4) is 5.69 Å². The fourth-order valence-corrected chi connectivity index (χ4v) is 1.93. The van der Waals surface area contributed by atoms with Gasteiger partial charge in [0, 0.05) is 7.05 Å². The molecule has 0 spiro atoms. The summed E-state index contributed by atoms with van der Waals surface area (Å²) in [6.07, 6.45) is 2.72. The lowest BCUT2D eigenvalue weighted by atomic mass is 10.2. The van der Waals surface area contributed by atoms with Crippen LogP contribution in [0.2, 0.25) is 0 Å². The Morgan fingerprint density at radius 1 is 1.25 bits per heavy atom. The minimum absolute atomic E-state index is 0.106. The Balaban J connectivity index is 1.91. The molecule has 0 unspecified atom stereocenters. The predicted molar refractivity (Wildman–Crippen MR) is 91.1 cm³/mol. The molecule has 128 valence electrons. The van der Waals surface area contributed by atoms with Crippen molar-refractivity contribution in [1.82, 2.24) is 14.7 Å². The van der Waals surface area contributed by atoms with E-state index in [1.54, 1.807) is 37.8 Å². The molecule has 0 saturated carbocycles. The third-order valence-corrected chi connectivity index (χ3v) is 2.97. The van der Waals surface area contributed by atoms with Crippen LogP contribution >= 0.6 is 0 Å². The first kappa shape index (κ1) is 17.5. The van der Waals surface area contributed by atoms with Gasteiger partial charge in [0.1, 0.15) is 12.1 Å². The van der Waals surface area contributed by atoms with Gasteiger partial charge in [0.05, 0.1) is 23.8 Å². The number of para-hydroxylation sites is 1. The number of carbonyl (C=O) groups excluding carboxylic acids is 2. The Kier molecular flexibility index (Phi) is 5.23. The molecule has 2 aromatic rings. The maximum absolute atomic E-state index is 12.0. The van der Waals surface area contributed by atoms with Crippen LogP contribution in [-0.2, 0) is 9.53 Å². The summed E-state index contributed by atoms with van der Waals surface area (Å²) < 4.78 is 6.86. The number of likely N-dealkylation sites (N-methyl/N-ethyl adjacent to an activating group) is 1. The summed E-state index contributed by atoms with van der Waals surface area (Å²) in [5, 5.41) is 6.91. The minimum atomic E-state index is -0.599. The Labute approximate surface area is 141 Å². The van der Waals surface area contributed by atoms with Crippen LogP contribution in [0.3, 0.4) is 0 Å². The summed E-state index contributed by atoms with van der Waals surface area (Å²) in [6.45, 7) is 5.22. The van der Waals surface area contributed by atoms with Crippen LogP contribution in [0.4, 0.5) is 10.5 Å². The van der Waals surface area contributed by atoms with Crippen LogP contribution in [-0.4, -0.2) is 45.9 Å². The number of hydrogen-bond acceptors (Lipinski definition) is 4. The number of hydrogen-bond donors (Lipinski definition) is 1. The van der Waals surface area contributed by atoms with E-state index < -0.39 is 11.7 Å². The van der Waals surface area contributed by atoms with Gasteiger partial charge in [0.2, 0.25) is 5.91 Å². The van der Waals surface area contributed by atoms with Crippen LogP contribution in [0.1, 0.15) is 20.8 Å². The van der Waals surface area contributed by atoms with E-state index in [0.717, 1.165) is 5.69 Å². The first-order valence-electron chi connectivity index (χ1n) is 7.59. The number of anilines is 1. The smallest absolute Gasteiger partial charge is 0.410 e. The summed E-state index contributed by atoms with van der Waals surface area (Å²) >= 11 is 0. The normalized spacial score (nSPS) is 11.0. The fraction of sp³-hybridized carbons (Fsp3) is 0.353. The van der Waals surface area contributed by atoms with E-state index in [2.05, 4.69) is 10.4 Å². The standard InChI is InChI=1S/C17H22N4O3/c1-17(2,3)24-16(23)20(4)12-15(22)19-13-10-18-21(11-13)14-8-6-5-7-9-14/h5-11H,12H2,1-4H3,(H,19,22). The zero-order chi connectivity index (χ0) is 17.7. The van der Waals surface area contributed by atoms with Gasteiger partial charge >= 0.3 is 6.09 Å². The lowest BCUT2D eigenvalue weighted by molar-refractivity contribution is -0.117. The lowest BCUT2D eigenvalue weighted by Gasteiger charge is -2.24. The van der Waals surface area contributed by atoms with Crippen LogP contribution in [0.5, 0.6) is 0 Å². The Bertz CT molecular complexity index is 704. The van der Waals surface area contributed by atoms with E-state index in [9.17, 15) is 9.59 Å². The summed E-state index contributed by atoms with van der Waals surface area (Å²) in [5.41, 5.74) is 0.851. The average Bonchev–Trinajstić information content (AvgIpc) is 2.94. The molecule has 0 atom stereocenters. The molecule has 24 heavy (non-hydrogen) atoms. The number of carbonyl (C=O) groups is 2. The van der Waals surface area contributed by atoms with Gasteiger partial charge in [0.15, 0.2) is 0 Å². The van der Waals surface area contributed by atoms with Crippen LogP contribution in [0.15, 0.2) is 42.7 Å². The average molecular weight is 330 g/mol. The molecular formula is C17H22N4O3. The molecular weight excluding hydrogens is 308 g/mol. The van der Waals surface area contributed by atoms with Gasteiger partial charge in [-0.25, -0.2) is 9.48 Å². The maximum atomic E-state index is 12.0. The maximum Gasteiger partial charge on any atom is 0.410 e. The quantitative estimate of drug-likeness (QED) is 0.935. The van der Waals surface area contributed by atoms with Crippen LogP contribution < -0.4 is 5.32 Å². The monoisotopic (exact) mass is 330 g/mol. The van der Waals surface area contributed by atoms with Gasteiger partial charge < -0.3 is 15.0 Å². The third kappa shape index (κ3) is 5.12. The molecule has 0 radical (unpaired) electrons. The summed E-state index contributed by atoms with van der Waals surface area (Å²) in [6, 6.07) is 9.56. The molecule has 0 bridgehead atoms. The second kappa shape index (κ2) is 7.16. The highest BCUT2D eigenvalue weighted by Gasteiger charge is 2.21. The molecule has 0 aliphatic heterocycles. The van der Waals surface area contributed by atoms with Crippen molar-refractivity contribution >= 4 is 17.7 Å². The number of ether oxygens (including phenoxy) is 1. The van der Waals surface area contributed by atoms with Gasteiger partial charge in [-0.3, -0.25) is 4.79 Å². The number of nitrogens with one attached hydrogen (secondary N) is 1. The molecule has 2 amide bonds. The molecule has 0 aliphatic carbocycles. The highest BCUT2D eigenvalue weighted by Crippen LogP contribution is 2.12.